The maximum atomic E-state index is 12.4. The Hall–Kier alpha value is -2.98. The molecule has 2 rings (SSSR count). The largest absolute Gasteiger partial charge is 0.495 e. The number of carbonyl (C=O) groups excluding carboxylic acids is 1. The number of carbonyl (C=O) groups is 1. The monoisotopic (exact) mass is 497 g/mol. The van der Waals surface area contributed by atoms with E-state index in [0.29, 0.717) is 35.3 Å². The van der Waals surface area contributed by atoms with Crippen molar-refractivity contribution in [2.24, 2.45) is 5.10 Å². The first-order valence-corrected chi connectivity index (χ1v) is 12.4. The van der Waals surface area contributed by atoms with Crippen molar-refractivity contribution < 1.29 is 27.4 Å². The smallest absolute Gasteiger partial charge is 0.260 e. The van der Waals surface area contributed by atoms with Gasteiger partial charge in [-0.1, -0.05) is 18.5 Å². The molecule has 9 nitrogen and oxygen atoms in total. The van der Waals surface area contributed by atoms with Gasteiger partial charge in [0.05, 0.1) is 38.5 Å². The predicted molar refractivity (Wildman–Crippen MR) is 129 cm³/mol. The Balaban J connectivity index is 2.14. The zero-order valence-corrected chi connectivity index (χ0v) is 20.6. The molecule has 2 aromatic carbocycles. The summed E-state index contributed by atoms with van der Waals surface area (Å²) in [5.41, 5.74) is 3.15. The van der Waals surface area contributed by atoms with Crippen LogP contribution in [0.25, 0.3) is 0 Å². The molecule has 0 spiro atoms. The molecule has 0 bridgehead atoms. The highest BCUT2D eigenvalue weighted by Gasteiger charge is 2.24. The summed E-state index contributed by atoms with van der Waals surface area (Å²) in [5, 5.41) is 4.22. The van der Waals surface area contributed by atoms with Crippen LogP contribution in [0.15, 0.2) is 41.5 Å². The highest BCUT2D eigenvalue weighted by molar-refractivity contribution is 7.92. The van der Waals surface area contributed by atoms with E-state index in [1.807, 2.05) is 13.8 Å². The van der Waals surface area contributed by atoms with E-state index < -0.39 is 22.5 Å². The highest BCUT2D eigenvalue weighted by Crippen LogP contribution is 2.32. The van der Waals surface area contributed by atoms with Gasteiger partial charge in [-0.25, -0.2) is 13.8 Å². The number of hydrogen-bond acceptors (Lipinski definition) is 7. The van der Waals surface area contributed by atoms with Crippen LogP contribution in [0.5, 0.6) is 17.2 Å². The summed E-state index contributed by atoms with van der Waals surface area (Å²) in [6.07, 6.45) is 3.28. The van der Waals surface area contributed by atoms with Gasteiger partial charge in [-0.15, -0.1) is 0 Å². The third-order valence-electron chi connectivity index (χ3n) is 4.23. The van der Waals surface area contributed by atoms with E-state index in [0.717, 1.165) is 17.0 Å². The SMILES string of the molecule is CCCOc1ccc(/C=N\NC(=O)CN(c2cc(Cl)ccc2OC)S(C)(=O)=O)cc1OCC. The van der Waals surface area contributed by atoms with Crippen molar-refractivity contribution in [3.8, 4) is 17.2 Å². The van der Waals surface area contributed by atoms with Gasteiger partial charge in [-0.2, -0.15) is 5.10 Å². The topological polar surface area (TPSA) is 107 Å². The van der Waals surface area contributed by atoms with E-state index in [-0.39, 0.29) is 11.4 Å². The average Bonchev–Trinajstić information content (AvgIpc) is 2.76. The summed E-state index contributed by atoms with van der Waals surface area (Å²) < 4.78 is 42.0. The van der Waals surface area contributed by atoms with Gasteiger partial charge in [0.2, 0.25) is 10.0 Å². The van der Waals surface area contributed by atoms with Crippen LogP contribution in [0.1, 0.15) is 25.8 Å². The van der Waals surface area contributed by atoms with Crippen molar-refractivity contribution in [2.45, 2.75) is 20.3 Å². The van der Waals surface area contributed by atoms with Crippen LogP contribution in [-0.2, 0) is 14.8 Å². The maximum Gasteiger partial charge on any atom is 0.260 e. The van der Waals surface area contributed by atoms with Crippen LogP contribution in [0.3, 0.4) is 0 Å². The summed E-state index contributed by atoms with van der Waals surface area (Å²) in [5.74, 6) is 0.804. The number of benzene rings is 2. The first-order valence-electron chi connectivity index (χ1n) is 10.2. The third kappa shape index (κ3) is 7.83. The van der Waals surface area contributed by atoms with Gasteiger partial charge in [0.25, 0.3) is 5.91 Å². The molecule has 2 aromatic rings. The molecular weight excluding hydrogens is 470 g/mol. The summed E-state index contributed by atoms with van der Waals surface area (Å²) in [6, 6.07) is 9.77. The molecular formula is C22H28ClN3O6S. The van der Waals surface area contributed by atoms with Crippen molar-refractivity contribution in [3.05, 3.63) is 47.0 Å². The van der Waals surface area contributed by atoms with E-state index in [1.165, 1.54) is 25.5 Å². The second-order valence-corrected chi connectivity index (χ2v) is 9.21. The molecule has 0 saturated heterocycles. The van der Waals surface area contributed by atoms with E-state index >= 15 is 0 Å². The van der Waals surface area contributed by atoms with Gasteiger partial charge in [-0.3, -0.25) is 9.10 Å². The first-order chi connectivity index (χ1) is 15.7. The van der Waals surface area contributed by atoms with Crippen molar-refractivity contribution >= 4 is 39.4 Å². The molecule has 1 amide bonds. The van der Waals surface area contributed by atoms with Crippen LogP contribution in [0.2, 0.25) is 5.02 Å². The van der Waals surface area contributed by atoms with Crippen molar-refractivity contribution in [1.82, 2.24) is 5.43 Å². The summed E-state index contributed by atoms with van der Waals surface area (Å²) in [6.45, 7) is 4.40. The van der Waals surface area contributed by atoms with Crippen LogP contribution in [0, 0.1) is 0 Å². The van der Waals surface area contributed by atoms with Gasteiger partial charge in [-0.05, 0) is 55.3 Å². The second-order valence-electron chi connectivity index (χ2n) is 6.87. The summed E-state index contributed by atoms with van der Waals surface area (Å²) >= 11 is 6.01. The molecule has 0 atom stereocenters. The van der Waals surface area contributed by atoms with Crippen LogP contribution in [-0.4, -0.2) is 53.7 Å². The zero-order chi connectivity index (χ0) is 24.4. The third-order valence-corrected chi connectivity index (χ3v) is 5.59. The number of amides is 1. The second kappa shape index (κ2) is 12.3. The van der Waals surface area contributed by atoms with Gasteiger partial charge in [0, 0.05) is 5.02 Å². The first kappa shape index (κ1) is 26.3. The van der Waals surface area contributed by atoms with E-state index in [9.17, 15) is 13.2 Å². The van der Waals surface area contributed by atoms with Crippen molar-refractivity contribution in [2.75, 3.05) is 37.4 Å². The quantitative estimate of drug-likeness (QED) is 0.355. The fraction of sp³-hybridized carbons (Fsp3) is 0.364. The number of nitrogens with zero attached hydrogens (tertiary/aromatic N) is 2. The number of methoxy groups -OCH3 is 1. The molecule has 0 unspecified atom stereocenters. The Bertz CT molecular complexity index is 1090. The van der Waals surface area contributed by atoms with E-state index in [4.69, 9.17) is 25.8 Å². The molecule has 0 aliphatic rings. The molecule has 0 aromatic heterocycles. The molecule has 11 heteroatoms. The molecule has 33 heavy (non-hydrogen) atoms. The normalized spacial score (nSPS) is 11.3. The Morgan fingerprint density at radius 1 is 1.12 bits per heavy atom. The zero-order valence-electron chi connectivity index (χ0n) is 19.0. The van der Waals surface area contributed by atoms with Crippen molar-refractivity contribution in [1.29, 1.82) is 0 Å². The maximum absolute atomic E-state index is 12.4. The molecule has 0 heterocycles. The van der Waals surface area contributed by atoms with Crippen LogP contribution < -0.4 is 23.9 Å². The number of nitrogens with one attached hydrogen (secondary N) is 1. The fourth-order valence-corrected chi connectivity index (χ4v) is 3.81. The van der Waals surface area contributed by atoms with Crippen LogP contribution >= 0.6 is 11.6 Å². The summed E-state index contributed by atoms with van der Waals surface area (Å²) in [7, 11) is -2.42. The lowest BCUT2D eigenvalue weighted by molar-refractivity contribution is -0.119. The number of hydrazone groups is 1. The lowest BCUT2D eigenvalue weighted by atomic mass is 10.2. The molecule has 0 saturated carbocycles. The Labute approximate surface area is 199 Å². The predicted octanol–water partition coefficient (Wildman–Crippen LogP) is 3.45. The number of anilines is 1. The van der Waals surface area contributed by atoms with Crippen LogP contribution in [0.4, 0.5) is 5.69 Å². The number of hydrogen-bond donors (Lipinski definition) is 1. The molecule has 1 N–H and O–H groups in total. The molecule has 0 fully saturated rings. The standard InChI is InChI=1S/C22H28ClN3O6S/c1-5-11-32-20-9-7-16(12-21(20)31-6-2)14-24-25-22(27)15-26(33(4,28)29)18-13-17(23)8-10-19(18)30-3/h7-10,12-14H,5-6,11,15H2,1-4H3,(H,25,27)/b24-14-. The number of ether oxygens (including phenoxy) is 3. The Morgan fingerprint density at radius 2 is 1.85 bits per heavy atom. The van der Waals surface area contributed by atoms with E-state index in [2.05, 4.69) is 10.5 Å². The number of rotatable bonds is 12. The summed E-state index contributed by atoms with van der Waals surface area (Å²) in [4.78, 5) is 12.4. The Kier molecular flexibility index (Phi) is 9.80. The fourth-order valence-electron chi connectivity index (χ4n) is 2.79. The van der Waals surface area contributed by atoms with Gasteiger partial charge < -0.3 is 14.2 Å². The molecule has 0 radical (unpaired) electrons. The minimum Gasteiger partial charge on any atom is -0.495 e. The minimum absolute atomic E-state index is 0.149. The van der Waals surface area contributed by atoms with E-state index in [1.54, 1.807) is 24.3 Å². The van der Waals surface area contributed by atoms with Gasteiger partial charge >= 0.3 is 0 Å². The Morgan fingerprint density at radius 3 is 2.48 bits per heavy atom. The minimum atomic E-state index is -3.81. The molecule has 180 valence electrons. The lowest BCUT2D eigenvalue weighted by Crippen LogP contribution is -2.39. The molecule has 0 aliphatic carbocycles. The van der Waals surface area contributed by atoms with Gasteiger partial charge in [0.15, 0.2) is 11.5 Å². The highest BCUT2D eigenvalue weighted by atomic mass is 35.5. The molecule has 0 aliphatic heterocycles. The number of sulfonamides is 1. The van der Waals surface area contributed by atoms with Gasteiger partial charge in [0.1, 0.15) is 12.3 Å². The van der Waals surface area contributed by atoms with Crippen molar-refractivity contribution in [3.63, 3.8) is 0 Å². The lowest BCUT2D eigenvalue weighted by Gasteiger charge is -2.23. The average molecular weight is 498 g/mol. The number of halogens is 1.